The molecule has 2 aromatic heterocycles. The average molecular weight is 589 g/mol. The van der Waals surface area contributed by atoms with Crippen LogP contribution < -0.4 is 0 Å². The monoisotopic (exact) mass is 588 g/mol. The summed E-state index contributed by atoms with van der Waals surface area (Å²) < 4.78 is 2.15. The van der Waals surface area contributed by atoms with Gasteiger partial charge in [0.15, 0.2) is 0 Å². The van der Waals surface area contributed by atoms with Crippen molar-refractivity contribution in [2.75, 3.05) is 0 Å². The van der Waals surface area contributed by atoms with E-state index < -0.39 is 0 Å². The molecule has 0 radical (unpaired) electrons. The maximum atomic E-state index is 10.3. The first kappa shape index (κ1) is 25.0. The smallest absolute Gasteiger partial charge is 0.235 e. The SMILES string of the molecule is O/N=C1\c2cc3c(cc2-c2c1ccc1ccccc21)c1ccccc1n3-c1nc(-c2ccc3ccccc3c2)c2ccccc2n1. The van der Waals surface area contributed by atoms with Crippen molar-refractivity contribution in [2.24, 2.45) is 5.16 Å². The Morgan fingerprint density at radius 2 is 1.22 bits per heavy atom. The van der Waals surface area contributed by atoms with Crippen LogP contribution in [0, 0.1) is 0 Å². The zero-order valence-corrected chi connectivity index (χ0v) is 24.5. The molecule has 7 aromatic carbocycles. The summed E-state index contributed by atoms with van der Waals surface area (Å²) in [5.41, 5.74) is 9.32. The zero-order valence-electron chi connectivity index (χ0n) is 24.5. The van der Waals surface area contributed by atoms with Crippen LogP contribution in [-0.2, 0) is 0 Å². The topological polar surface area (TPSA) is 63.3 Å². The lowest BCUT2D eigenvalue weighted by molar-refractivity contribution is 0.320. The Labute approximate surface area is 263 Å². The Kier molecular flexibility index (Phi) is 5.08. The first-order valence-electron chi connectivity index (χ1n) is 15.4. The summed E-state index contributed by atoms with van der Waals surface area (Å²) in [6, 6.07) is 48.4. The molecular formula is C41H24N4O. The quantitative estimate of drug-likeness (QED) is 0.161. The first-order valence-corrected chi connectivity index (χ1v) is 15.4. The van der Waals surface area contributed by atoms with Crippen LogP contribution in [-0.4, -0.2) is 25.5 Å². The van der Waals surface area contributed by atoms with Gasteiger partial charge in [0.25, 0.3) is 0 Å². The molecule has 0 unspecified atom stereocenters. The van der Waals surface area contributed by atoms with Crippen molar-refractivity contribution in [2.45, 2.75) is 0 Å². The Morgan fingerprint density at radius 1 is 0.500 bits per heavy atom. The Hall–Kier alpha value is -6.33. The molecule has 0 fully saturated rings. The van der Waals surface area contributed by atoms with E-state index >= 15 is 0 Å². The number of benzene rings is 7. The normalized spacial score (nSPS) is 13.3. The highest BCUT2D eigenvalue weighted by Crippen LogP contribution is 2.45. The van der Waals surface area contributed by atoms with Crippen molar-refractivity contribution in [3.05, 3.63) is 151 Å². The van der Waals surface area contributed by atoms with E-state index in [1.165, 1.54) is 10.8 Å². The molecule has 214 valence electrons. The van der Waals surface area contributed by atoms with Gasteiger partial charge in [-0.25, -0.2) is 9.97 Å². The molecule has 1 aliphatic carbocycles. The third-order valence-electron chi connectivity index (χ3n) is 9.43. The highest BCUT2D eigenvalue weighted by Gasteiger charge is 2.29. The van der Waals surface area contributed by atoms with Crippen LogP contribution in [0.1, 0.15) is 11.1 Å². The molecule has 2 heterocycles. The molecule has 0 aliphatic heterocycles. The van der Waals surface area contributed by atoms with E-state index in [9.17, 15) is 5.21 Å². The molecule has 0 amide bonds. The van der Waals surface area contributed by atoms with Gasteiger partial charge < -0.3 is 5.21 Å². The standard InChI is InChI=1S/C41H24N4O/c46-44-40-31-20-19-25-10-3-4-12-28(25)38(31)33-22-32-29-13-6-8-16-36(29)45(37(32)23-34(33)40)41-42-35-15-7-5-14-30(35)39(43-41)27-18-17-24-9-1-2-11-26(24)21-27/h1-23,46H/b44-40-. The molecule has 1 N–H and O–H groups in total. The van der Waals surface area contributed by atoms with Gasteiger partial charge in [0.2, 0.25) is 5.95 Å². The van der Waals surface area contributed by atoms with Crippen LogP contribution in [0.25, 0.3) is 82.6 Å². The van der Waals surface area contributed by atoms with Gasteiger partial charge in [-0.05, 0) is 63.0 Å². The van der Waals surface area contributed by atoms with Crippen LogP contribution in [0.4, 0.5) is 0 Å². The van der Waals surface area contributed by atoms with Crippen molar-refractivity contribution in [1.29, 1.82) is 0 Å². The largest absolute Gasteiger partial charge is 0.410 e. The molecule has 10 rings (SSSR count). The van der Waals surface area contributed by atoms with E-state index in [0.717, 1.165) is 77.0 Å². The lowest BCUT2D eigenvalue weighted by atomic mass is 9.97. The molecule has 0 atom stereocenters. The molecule has 0 saturated carbocycles. The van der Waals surface area contributed by atoms with Crippen molar-refractivity contribution < 1.29 is 5.21 Å². The molecule has 1 aliphatic rings. The van der Waals surface area contributed by atoms with Crippen molar-refractivity contribution in [3.63, 3.8) is 0 Å². The molecular weight excluding hydrogens is 564 g/mol. The third kappa shape index (κ3) is 3.42. The van der Waals surface area contributed by atoms with E-state index in [2.05, 4.69) is 137 Å². The maximum absolute atomic E-state index is 10.3. The second kappa shape index (κ2) is 9.34. The molecule has 0 saturated heterocycles. The van der Waals surface area contributed by atoms with Crippen LogP contribution in [0.5, 0.6) is 0 Å². The molecule has 5 nitrogen and oxygen atoms in total. The summed E-state index contributed by atoms with van der Waals surface area (Å²) in [5, 5.41) is 22.0. The Balaban J connectivity index is 1.29. The fourth-order valence-corrected chi connectivity index (χ4v) is 7.37. The number of para-hydroxylation sites is 2. The Morgan fingerprint density at radius 3 is 2.09 bits per heavy atom. The predicted molar refractivity (Wildman–Crippen MR) is 187 cm³/mol. The number of hydrogen-bond acceptors (Lipinski definition) is 4. The number of nitrogens with zero attached hydrogens (tertiary/aromatic N) is 4. The molecule has 46 heavy (non-hydrogen) atoms. The van der Waals surface area contributed by atoms with Crippen LogP contribution in [0.2, 0.25) is 0 Å². The van der Waals surface area contributed by atoms with Crippen LogP contribution in [0.3, 0.4) is 0 Å². The summed E-state index contributed by atoms with van der Waals surface area (Å²) in [7, 11) is 0. The summed E-state index contributed by atoms with van der Waals surface area (Å²) in [6.45, 7) is 0. The molecule has 5 heteroatoms. The van der Waals surface area contributed by atoms with E-state index in [1.807, 2.05) is 12.1 Å². The van der Waals surface area contributed by atoms with E-state index in [4.69, 9.17) is 9.97 Å². The van der Waals surface area contributed by atoms with Gasteiger partial charge >= 0.3 is 0 Å². The highest BCUT2D eigenvalue weighted by atomic mass is 16.4. The van der Waals surface area contributed by atoms with Crippen molar-refractivity contribution >= 4 is 60.0 Å². The summed E-state index contributed by atoms with van der Waals surface area (Å²) >= 11 is 0. The lowest BCUT2D eigenvalue weighted by Gasteiger charge is -2.12. The number of rotatable bonds is 2. The number of hydrogen-bond donors (Lipinski definition) is 1. The minimum Gasteiger partial charge on any atom is -0.410 e. The van der Waals surface area contributed by atoms with Crippen molar-refractivity contribution in [3.8, 4) is 28.3 Å². The summed E-state index contributed by atoms with van der Waals surface area (Å²) in [5.74, 6) is 0.594. The van der Waals surface area contributed by atoms with Gasteiger partial charge in [0.05, 0.1) is 22.2 Å². The summed E-state index contributed by atoms with van der Waals surface area (Å²) in [6.07, 6.45) is 0. The summed E-state index contributed by atoms with van der Waals surface area (Å²) in [4.78, 5) is 10.5. The van der Waals surface area contributed by atoms with Gasteiger partial charge in [0, 0.05) is 32.8 Å². The fourth-order valence-electron chi connectivity index (χ4n) is 7.37. The molecule has 0 spiro atoms. The average Bonchev–Trinajstić information content (AvgIpc) is 3.61. The molecule has 9 aromatic rings. The highest BCUT2D eigenvalue weighted by molar-refractivity contribution is 6.30. The van der Waals surface area contributed by atoms with Gasteiger partial charge in [-0.15, -0.1) is 0 Å². The van der Waals surface area contributed by atoms with Crippen molar-refractivity contribution in [1.82, 2.24) is 14.5 Å². The Bertz CT molecular complexity index is 2770. The van der Waals surface area contributed by atoms with Crippen LogP contribution in [0.15, 0.2) is 145 Å². The van der Waals surface area contributed by atoms with Gasteiger partial charge in [-0.1, -0.05) is 114 Å². The predicted octanol–water partition coefficient (Wildman–Crippen LogP) is 9.91. The van der Waals surface area contributed by atoms with Gasteiger partial charge in [0.1, 0.15) is 5.71 Å². The molecule has 0 bridgehead atoms. The zero-order chi connectivity index (χ0) is 30.4. The van der Waals surface area contributed by atoms with Crippen LogP contribution >= 0.6 is 0 Å². The van der Waals surface area contributed by atoms with Gasteiger partial charge in [-0.3, -0.25) is 4.57 Å². The number of aromatic nitrogens is 3. The minimum absolute atomic E-state index is 0.575. The lowest BCUT2D eigenvalue weighted by Crippen LogP contribution is -2.04. The van der Waals surface area contributed by atoms with E-state index in [-0.39, 0.29) is 0 Å². The second-order valence-electron chi connectivity index (χ2n) is 11.9. The van der Waals surface area contributed by atoms with Gasteiger partial charge in [-0.2, -0.15) is 0 Å². The fraction of sp³-hybridized carbons (Fsp3) is 0. The third-order valence-corrected chi connectivity index (χ3v) is 9.43. The maximum Gasteiger partial charge on any atom is 0.235 e. The van der Waals surface area contributed by atoms with E-state index in [0.29, 0.717) is 11.7 Å². The first-order chi connectivity index (χ1) is 22.8. The number of oxime groups is 1. The second-order valence-corrected chi connectivity index (χ2v) is 11.9. The van der Waals surface area contributed by atoms with E-state index in [1.54, 1.807) is 0 Å². The number of fused-ring (bicyclic) bond motifs is 10. The minimum atomic E-state index is 0.575.